The van der Waals surface area contributed by atoms with E-state index in [-0.39, 0.29) is 12.2 Å². The lowest BCUT2D eigenvalue weighted by atomic mass is 10.2. The summed E-state index contributed by atoms with van der Waals surface area (Å²) >= 11 is 0. The van der Waals surface area contributed by atoms with Crippen molar-refractivity contribution >= 4 is 17.7 Å². The van der Waals surface area contributed by atoms with Gasteiger partial charge in [-0.25, -0.2) is 4.79 Å². The van der Waals surface area contributed by atoms with Gasteiger partial charge in [0, 0.05) is 5.57 Å². The Morgan fingerprint density at radius 2 is 1.81 bits per heavy atom. The summed E-state index contributed by atoms with van der Waals surface area (Å²) in [5.41, 5.74) is 0.408. The smallest absolute Gasteiger partial charge is 0.341 e. The van der Waals surface area contributed by atoms with Crippen molar-refractivity contribution in [3.8, 4) is 0 Å². The Morgan fingerprint density at radius 3 is 2.31 bits per heavy atom. The zero-order valence-electron chi connectivity index (χ0n) is 10.0. The molecule has 0 fully saturated rings. The number of rotatable bonds is 6. The fourth-order valence-corrected chi connectivity index (χ4v) is 1.03. The lowest BCUT2D eigenvalue weighted by Crippen LogP contribution is -2.15. The van der Waals surface area contributed by atoms with Crippen LogP contribution in [0.3, 0.4) is 0 Å². The van der Waals surface area contributed by atoms with Crippen molar-refractivity contribution in [3.05, 3.63) is 11.6 Å². The molecule has 0 radical (unpaired) electrons. The maximum Gasteiger partial charge on any atom is 0.341 e. The Morgan fingerprint density at radius 1 is 1.19 bits per heavy atom. The van der Waals surface area contributed by atoms with E-state index in [0.29, 0.717) is 5.57 Å². The Hall–Kier alpha value is -1.45. The first kappa shape index (κ1) is 14.6. The standard InChI is InChI=1S/C12H18O4/c1-4-5-6-7-9(2)12(15)16-11(14)8-10(3)13/h7H,4-6,8H2,1-3H3. The zero-order chi connectivity index (χ0) is 12.6. The summed E-state index contributed by atoms with van der Waals surface area (Å²) in [5.74, 6) is -1.77. The van der Waals surface area contributed by atoms with E-state index in [1.54, 1.807) is 13.0 Å². The molecule has 0 saturated carbocycles. The van der Waals surface area contributed by atoms with Gasteiger partial charge in [-0.1, -0.05) is 25.8 Å². The summed E-state index contributed by atoms with van der Waals surface area (Å²) < 4.78 is 4.49. The Labute approximate surface area is 95.7 Å². The second kappa shape index (κ2) is 7.79. The molecule has 0 aromatic rings. The normalized spacial score (nSPS) is 11.1. The zero-order valence-corrected chi connectivity index (χ0v) is 10.0. The third kappa shape index (κ3) is 6.92. The van der Waals surface area contributed by atoms with Crippen LogP contribution in [-0.4, -0.2) is 17.7 Å². The largest absolute Gasteiger partial charge is 0.389 e. The highest BCUT2D eigenvalue weighted by Gasteiger charge is 2.13. The number of Topliss-reactive ketones (excluding diaryl/α,β-unsaturated/α-hetero) is 1. The third-order valence-electron chi connectivity index (χ3n) is 1.93. The highest BCUT2D eigenvalue weighted by atomic mass is 16.6. The van der Waals surface area contributed by atoms with Crippen molar-refractivity contribution in [2.75, 3.05) is 0 Å². The quantitative estimate of drug-likeness (QED) is 0.301. The fraction of sp³-hybridized carbons (Fsp3) is 0.583. The minimum atomic E-state index is -0.791. The average molecular weight is 226 g/mol. The molecule has 4 nitrogen and oxygen atoms in total. The van der Waals surface area contributed by atoms with E-state index in [2.05, 4.69) is 11.7 Å². The van der Waals surface area contributed by atoms with Gasteiger partial charge in [0.2, 0.25) is 0 Å². The molecule has 0 heterocycles. The first-order valence-electron chi connectivity index (χ1n) is 5.38. The van der Waals surface area contributed by atoms with Crippen molar-refractivity contribution in [2.45, 2.75) is 46.5 Å². The molecule has 0 aliphatic heterocycles. The molecule has 90 valence electrons. The molecule has 0 aliphatic carbocycles. The molecule has 0 unspecified atom stereocenters. The van der Waals surface area contributed by atoms with Crippen molar-refractivity contribution in [3.63, 3.8) is 0 Å². The Balaban J connectivity index is 4.09. The van der Waals surface area contributed by atoms with Crippen LogP contribution in [0, 0.1) is 0 Å². The predicted molar refractivity (Wildman–Crippen MR) is 59.7 cm³/mol. The van der Waals surface area contributed by atoms with Gasteiger partial charge in [-0.05, 0) is 20.3 Å². The van der Waals surface area contributed by atoms with Crippen molar-refractivity contribution in [2.24, 2.45) is 0 Å². The lowest BCUT2D eigenvalue weighted by Gasteiger charge is -2.01. The number of ketones is 1. The van der Waals surface area contributed by atoms with Crippen molar-refractivity contribution in [1.29, 1.82) is 0 Å². The molecule has 0 N–H and O–H groups in total. The summed E-state index contributed by atoms with van der Waals surface area (Å²) in [6.07, 6.45) is 4.22. The number of ether oxygens (including phenoxy) is 1. The highest BCUT2D eigenvalue weighted by Crippen LogP contribution is 2.03. The van der Waals surface area contributed by atoms with Gasteiger partial charge in [-0.3, -0.25) is 9.59 Å². The SMILES string of the molecule is CCCCC=C(C)C(=O)OC(=O)CC(C)=O. The lowest BCUT2D eigenvalue weighted by molar-refractivity contribution is -0.157. The second-order valence-corrected chi connectivity index (χ2v) is 3.67. The van der Waals surface area contributed by atoms with E-state index >= 15 is 0 Å². The van der Waals surface area contributed by atoms with Crippen LogP contribution in [0.1, 0.15) is 46.5 Å². The molecule has 0 spiro atoms. The summed E-state index contributed by atoms with van der Waals surface area (Å²) in [4.78, 5) is 32.9. The number of hydrogen-bond acceptors (Lipinski definition) is 4. The molecule has 0 aliphatic rings. The molecule has 0 bridgehead atoms. The molecule has 0 saturated heterocycles. The van der Waals surface area contributed by atoms with Crippen LogP contribution < -0.4 is 0 Å². The van der Waals surface area contributed by atoms with Crippen LogP contribution in [-0.2, 0) is 19.1 Å². The van der Waals surface area contributed by atoms with Gasteiger partial charge >= 0.3 is 11.9 Å². The first-order valence-corrected chi connectivity index (χ1v) is 5.38. The molecule has 4 heteroatoms. The number of carbonyl (C=O) groups is 3. The van der Waals surface area contributed by atoms with Gasteiger partial charge in [-0.15, -0.1) is 0 Å². The van der Waals surface area contributed by atoms with Gasteiger partial charge in [0.05, 0.1) is 0 Å². The van der Waals surface area contributed by atoms with Crippen LogP contribution in [0.5, 0.6) is 0 Å². The first-order chi connectivity index (χ1) is 7.47. The molecule has 0 aromatic heterocycles. The molecular formula is C12H18O4. The molecular weight excluding hydrogens is 208 g/mol. The van der Waals surface area contributed by atoms with E-state index in [0.717, 1.165) is 19.3 Å². The molecule has 0 rings (SSSR count). The summed E-state index contributed by atoms with van der Waals surface area (Å²) in [6.45, 7) is 4.92. The number of hydrogen-bond donors (Lipinski definition) is 0. The van der Waals surface area contributed by atoms with Gasteiger partial charge in [0.1, 0.15) is 12.2 Å². The Kier molecular flexibility index (Phi) is 7.09. The summed E-state index contributed by atoms with van der Waals surface area (Å²) in [7, 11) is 0. The fourth-order valence-electron chi connectivity index (χ4n) is 1.03. The van der Waals surface area contributed by atoms with Crippen LogP contribution in [0.4, 0.5) is 0 Å². The number of carbonyl (C=O) groups excluding carboxylic acids is 3. The van der Waals surface area contributed by atoms with E-state index in [1.165, 1.54) is 6.92 Å². The summed E-state index contributed by atoms with van der Waals surface area (Å²) in [6, 6.07) is 0. The van der Waals surface area contributed by atoms with Crippen LogP contribution in [0.2, 0.25) is 0 Å². The molecule has 16 heavy (non-hydrogen) atoms. The third-order valence-corrected chi connectivity index (χ3v) is 1.93. The van der Waals surface area contributed by atoms with E-state index < -0.39 is 11.9 Å². The maximum atomic E-state index is 11.3. The summed E-state index contributed by atoms with van der Waals surface area (Å²) in [5, 5.41) is 0. The number of unbranched alkanes of at least 4 members (excludes halogenated alkanes) is 2. The van der Waals surface area contributed by atoms with Gasteiger partial charge in [-0.2, -0.15) is 0 Å². The van der Waals surface area contributed by atoms with E-state index in [4.69, 9.17) is 0 Å². The van der Waals surface area contributed by atoms with Crippen molar-refractivity contribution in [1.82, 2.24) is 0 Å². The minimum Gasteiger partial charge on any atom is -0.389 e. The minimum absolute atomic E-state index is 0.314. The maximum absolute atomic E-state index is 11.3. The van der Waals surface area contributed by atoms with Crippen LogP contribution >= 0.6 is 0 Å². The number of allylic oxidation sites excluding steroid dienone is 1. The van der Waals surface area contributed by atoms with E-state index in [1.807, 2.05) is 0 Å². The van der Waals surface area contributed by atoms with Crippen LogP contribution in [0.25, 0.3) is 0 Å². The topological polar surface area (TPSA) is 60.4 Å². The molecule has 0 atom stereocenters. The molecule has 0 amide bonds. The second-order valence-electron chi connectivity index (χ2n) is 3.67. The van der Waals surface area contributed by atoms with Crippen molar-refractivity contribution < 1.29 is 19.1 Å². The Bertz CT molecular complexity index is 302. The average Bonchev–Trinajstić information content (AvgIpc) is 2.16. The van der Waals surface area contributed by atoms with Crippen LogP contribution in [0.15, 0.2) is 11.6 Å². The van der Waals surface area contributed by atoms with Gasteiger partial charge < -0.3 is 4.74 Å². The monoisotopic (exact) mass is 226 g/mol. The number of esters is 2. The molecule has 0 aromatic carbocycles. The van der Waals surface area contributed by atoms with E-state index in [9.17, 15) is 14.4 Å². The predicted octanol–water partition coefficient (Wildman–Crippen LogP) is 2.17. The van der Waals surface area contributed by atoms with Gasteiger partial charge in [0.25, 0.3) is 0 Å². The highest BCUT2D eigenvalue weighted by molar-refractivity contribution is 6.01. The van der Waals surface area contributed by atoms with Gasteiger partial charge in [0.15, 0.2) is 0 Å².